The molecule has 3 heterocycles. The van der Waals surface area contributed by atoms with Gasteiger partial charge in [0.2, 0.25) is 0 Å². The number of rotatable bonds is 4. The molecule has 0 bridgehead atoms. The molecule has 0 spiro atoms. The average Bonchev–Trinajstić information content (AvgIpc) is 3.13. The van der Waals surface area contributed by atoms with Crippen molar-refractivity contribution in [2.24, 2.45) is 7.05 Å². The minimum Gasteiger partial charge on any atom is -0.490 e. The lowest BCUT2D eigenvalue weighted by Crippen LogP contribution is -2.50. The van der Waals surface area contributed by atoms with E-state index < -0.39 is 0 Å². The Balaban J connectivity index is 1.62. The summed E-state index contributed by atoms with van der Waals surface area (Å²) < 4.78 is 13.5. The Hall–Kier alpha value is -2.80. The third kappa shape index (κ3) is 3.30. The quantitative estimate of drug-likeness (QED) is 0.891. The van der Waals surface area contributed by atoms with Crippen LogP contribution >= 0.6 is 0 Å². The smallest absolute Gasteiger partial charge is 0.253 e. The number of imidazole rings is 1. The number of aromatic nitrogens is 2. The van der Waals surface area contributed by atoms with Crippen LogP contribution in [0.3, 0.4) is 0 Å². The van der Waals surface area contributed by atoms with E-state index >= 15 is 0 Å². The fourth-order valence-corrected chi connectivity index (χ4v) is 3.63. The summed E-state index contributed by atoms with van der Waals surface area (Å²) in [6.07, 6.45) is 5.59. The fraction of sp³-hybridized carbons (Fsp3) is 0.400. The zero-order chi connectivity index (χ0) is 18.8. The molecule has 1 atom stereocenters. The summed E-state index contributed by atoms with van der Waals surface area (Å²) >= 11 is 0. The molecule has 1 N–H and O–H groups in total. The molecule has 2 aliphatic rings. The zero-order valence-electron chi connectivity index (χ0n) is 15.6. The number of aryl methyl sites for hydroxylation is 1. The maximum Gasteiger partial charge on any atom is 0.253 e. The molecule has 2 aromatic rings. The van der Waals surface area contributed by atoms with Crippen molar-refractivity contribution in [2.45, 2.75) is 13.0 Å². The van der Waals surface area contributed by atoms with Gasteiger partial charge in [-0.15, -0.1) is 0 Å². The van der Waals surface area contributed by atoms with Gasteiger partial charge in [-0.2, -0.15) is 0 Å². The predicted molar refractivity (Wildman–Crippen MR) is 102 cm³/mol. The molecule has 1 saturated heterocycles. The summed E-state index contributed by atoms with van der Waals surface area (Å²) in [5.74, 6) is 2.30. The Morgan fingerprint density at radius 2 is 2.33 bits per heavy atom. The highest BCUT2D eigenvalue weighted by molar-refractivity contribution is 5.99. The topological polar surface area (TPSA) is 68.6 Å². The number of hydrogen-bond donors (Lipinski definition) is 1. The second-order valence-corrected chi connectivity index (χ2v) is 6.68. The first kappa shape index (κ1) is 17.6. The van der Waals surface area contributed by atoms with Crippen molar-refractivity contribution in [3.63, 3.8) is 0 Å². The largest absolute Gasteiger partial charge is 0.490 e. The molecule has 0 aliphatic carbocycles. The first-order valence-electron chi connectivity index (χ1n) is 9.27. The number of nitrogens with one attached hydrogen (secondary N) is 1. The summed E-state index contributed by atoms with van der Waals surface area (Å²) in [6, 6.07) is 5.65. The van der Waals surface area contributed by atoms with E-state index in [4.69, 9.17) is 9.47 Å². The van der Waals surface area contributed by atoms with Crippen LogP contribution in [0.25, 0.3) is 6.08 Å². The lowest BCUT2D eigenvalue weighted by Gasteiger charge is -2.36. The van der Waals surface area contributed by atoms with Crippen molar-refractivity contribution in [1.29, 1.82) is 0 Å². The van der Waals surface area contributed by atoms with Crippen LogP contribution in [0.15, 0.2) is 36.2 Å². The lowest BCUT2D eigenvalue weighted by atomic mass is 10.0. The second kappa shape index (κ2) is 7.44. The normalized spacial score (nSPS) is 19.1. The van der Waals surface area contributed by atoms with Gasteiger partial charge >= 0.3 is 0 Å². The van der Waals surface area contributed by atoms with Crippen LogP contribution in [0.4, 0.5) is 0 Å². The van der Waals surface area contributed by atoms with Crippen molar-refractivity contribution in [2.75, 3.05) is 32.8 Å². The Morgan fingerprint density at radius 3 is 3.11 bits per heavy atom. The minimum atomic E-state index is -0.0942. The van der Waals surface area contributed by atoms with Crippen molar-refractivity contribution < 1.29 is 14.3 Å². The first-order valence-corrected chi connectivity index (χ1v) is 9.27. The van der Waals surface area contributed by atoms with E-state index in [0.29, 0.717) is 36.8 Å². The lowest BCUT2D eigenvalue weighted by molar-refractivity contribution is -0.131. The molecule has 27 heavy (non-hydrogen) atoms. The van der Waals surface area contributed by atoms with E-state index in [0.717, 1.165) is 17.9 Å². The predicted octanol–water partition coefficient (Wildman–Crippen LogP) is 1.77. The van der Waals surface area contributed by atoms with Gasteiger partial charge in [0.25, 0.3) is 5.91 Å². The SMILES string of the molecule is CCOc1cccc2c1OCC(C(=O)N1CCNCC1c1nccn1C)=C2. The van der Waals surface area contributed by atoms with Crippen LogP contribution in [-0.4, -0.2) is 53.2 Å². The standard InChI is InChI=1S/C20H24N4O3/c1-3-26-17-6-4-5-14-11-15(13-27-18(14)17)20(25)24-10-7-21-12-16(24)19-22-8-9-23(19)2/h4-6,8-9,11,16,21H,3,7,10,12-13H2,1-2H3. The highest BCUT2D eigenvalue weighted by Crippen LogP contribution is 2.36. The maximum atomic E-state index is 13.3. The van der Waals surface area contributed by atoms with Gasteiger partial charge in [0, 0.05) is 44.6 Å². The summed E-state index contributed by atoms with van der Waals surface area (Å²) in [6.45, 7) is 4.85. The number of fused-ring (bicyclic) bond motifs is 1. The number of carbonyl (C=O) groups is 1. The Bertz CT molecular complexity index is 874. The number of hydrogen-bond acceptors (Lipinski definition) is 5. The maximum absolute atomic E-state index is 13.3. The molecule has 7 nitrogen and oxygen atoms in total. The van der Waals surface area contributed by atoms with Gasteiger partial charge in [-0.25, -0.2) is 4.98 Å². The van der Waals surface area contributed by atoms with Gasteiger partial charge in [0.1, 0.15) is 18.5 Å². The van der Waals surface area contributed by atoms with Gasteiger partial charge in [-0.3, -0.25) is 4.79 Å². The Labute approximate surface area is 158 Å². The van der Waals surface area contributed by atoms with Crippen LogP contribution in [-0.2, 0) is 11.8 Å². The van der Waals surface area contributed by atoms with E-state index in [2.05, 4.69) is 10.3 Å². The molecule has 0 radical (unpaired) electrons. The number of nitrogens with zero attached hydrogens (tertiary/aromatic N) is 3. The Morgan fingerprint density at radius 1 is 1.44 bits per heavy atom. The van der Waals surface area contributed by atoms with Gasteiger partial charge in [0.15, 0.2) is 11.5 Å². The van der Waals surface area contributed by atoms with E-state index in [1.54, 1.807) is 6.20 Å². The summed E-state index contributed by atoms with van der Waals surface area (Å²) in [7, 11) is 1.95. The van der Waals surface area contributed by atoms with Gasteiger partial charge in [0.05, 0.1) is 12.2 Å². The number of carbonyl (C=O) groups excluding carboxylic acids is 1. The average molecular weight is 368 g/mol. The van der Waals surface area contributed by atoms with Gasteiger partial charge in [-0.05, 0) is 19.1 Å². The van der Waals surface area contributed by atoms with E-state index in [-0.39, 0.29) is 18.6 Å². The molecule has 1 aromatic carbocycles. The number of para-hydroxylation sites is 1. The fourth-order valence-electron chi connectivity index (χ4n) is 3.63. The van der Waals surface area contributed by atoms with Crippen LogP contribution in [0.5, 0.6) is 11.5 Å². The molecule has 0 saturated carbocycles. The minimum absolute atomic E-state index is 0.00281. The first-order chi connectivity index (χ1) is 13.2. The molecule has 142 valence electrons. The molecular weight excluding hydrogens is 344 g/mol. The number of amides is 1. The van der Waals surface area contributed by atoms with Crippen molar-refractivity contribution in [3.05, 3.63) is 47.6 Å². The molecule has 1 fully saturated rings. The number of benzene rings is 1. The summed E-state index contributed by atoms with van der Waals surface area (Å²) in [5, 5.41) is 3.36. The van der Waals surface area contributed by atoms with Crippen LogP contribution < -0.4 is 14.8 Å². The van der Waals surface area contributed by atoms with Crippen molar-refractivity contribution >= 4 is 12.0 Å². The monoisotopic (exact) mass is 368 g/mol. The van der Waals surface area contributed by atoms with Crippen LogP contribution in [0, 0.1) is 0 Å². The summed E-state index contributed by atoms with van der Waals surface area (Å²) in [4.78, 5) is 19.6. The van der Waals surface area contributed by atoms with Crippen LogP contribution in [0.1, 0.15) is 24.4 Å². The molecule has 1 unspecified atom stereocenters. The molecule has 1 amide bonds. The van der Waals surface area contributed by atoms with Crippen molar-refractivity contribution in [1.82, 2.24) is 19.8 Å². The van der Waals surface area contributed by atoms with Crippen LogP contribution in [0.2, 0.25) is 0 Å². The molecule has 4 rings (SSSR count). The van der Waals surface area contributed by atoms with Gasteiger partial charge in [-0.1, -0.05) is 12.1 Å². The molecule has 7 heteroatoms. The third-order valence-electron chi connectivity index (χ3n) is 4.95. The van der Waals surface area contributed by atoms with Crippen molar-refractivity contribution in [3.8, 4) is 11.5 Å². The Kier molecular flexibility index (Phi) is 4.85. The number of piperazine rings is 1. The van der Waals surface area contributed by atoms with E-state index in [9.17, 15) is 4.79 Å². The number of ether oxygens (including phenoxy) is 2. The van der Waals surface area contributed by atoms with E-state index in [1.165, 1.54) is 0 Å². The zero-order valence-corrected chi connectivity index (χ0v) is 15.6. The van der Waals surface area contributed by atoms with E-state index in [1.807, 2.05) is 53.9 Å². The molecule has 1 aromatic heterocycles. The summed E-state index contributed by atoms with van der Waals surface area (Å²) in [5.41, 5.74) is 1.52. The third-order valence-corrected chi connectivity index (χ3v) is 4.95. The second-order valence-electron chi connectivity index (χ2n) is 6.68. The molecular formula is C20H24N4O3. The highest BCUT2D eigenvalue weighted by atomic mass is 16.5. The van der Waals surface area contributed by atoms with Gasteiger partial charge < -0.3 is 24.3 Å². The molecule has 2 aliphatic heterocycles. The highest BCUT2D eigenvalue weighted by Gasteiger charge is 2.33.